The van der Waals surface area contributed by atoms with E-state index in [4.69, 9.17) is 10.5 Å². The summed E-state index contributed by atoms with van der Waals surface area (Å²) in [5.74, 6) is 0.233. The zero-order chi connectivity index (χ0) is 15.9. The number of benzene rings is 1. The van der Waals surface area contributed by atoms with Crippen molar-refractivity contribution in [2.45, 2.75) is 25.3 Å². The van der Waals surface area contributed by atoms with Crippen LogP contribution >= 0.6 is 28.3 Å². The molecule has 126 valence electrons. The van der Waals surface area contributed by atoms with Crippen LogP contribution in [0.15, 0.2) is 28.7 Å². The number of rotatable bonds is 4. The van der Waals surface area contributed by atoms with Crippen molar-refractivity contribution in [2.75, 3.05) is 7.11 Å². The van der Waals surface area contributed by atoms with Gasteiger partial charge < -0.3 is 10.5 Å². The van der Waals surface area contributed by atoms with Crippen LogP contribution in [0.5, 0.6) is 0 Å². The lowest BCUT2D eigenvalue weighted by molar-refractivity contribution is -0.152. The van der Waals surface area contributed by atoms with Gasteiger partial charge in [0.05, 0.1) is 19.1 Å². The van der Waals surface area contributed by atoms with Gasteiger partial charge in [0, 0.05) is 10.4 Å². The van der Waals surface area contributed by atoms with Gasteiger partial charge in [-0.25, -0.2) is 0 Å². The van der Waals surface area contributed by atoms with Crippen LogP contribution in [0.3, 0.4) is 0 Å². The van der Waals surface area contributed by atoms with Crippen LogP contribution in [0.4, 0.5) is 0 Å². The van der Waals surface area contributed by atoms with E-state index in [0.717, 1.165) is 29.3 Å². The predicted octanol–water partition coefficient (Wildman–Crippen LogP) is 3.28. The SMILES string of the molecule is COC(=O)C1CC2CC2CC1C(=O)C(N)c1ccc(Br)cc1.Cl. The van der Waals surface area contributed by atoms with Crippen LogP contribution in [0.2, 0.25) is 0 Å². The van der Waals surface area contributed by atoms with E-state index in [1.807, 2.05) is 24.3 Å². The Bertz CT molecular complexity index is 592. The highest BCUT2D eigenvalue weighted by molar-refractivity contribution is 9.10. The smallest absolute Gasteiger partial charge is 0.309 e. The molecule has 0 bridgehead atoms. The highest BCUT2D eigenvalue weighted by Gasteiger charge is 2.51. The summed E-state index contributed by atoms with van der Waals surface area (Å²) in [6, 6.07) is 6.77. The molecule has 5 unspecified atom stereocenters. The molecule has 2 saturated carbocycles. The highest BCUT2D eigenvalue weighted by atomic mass is 79.9. The average molecular weight is 403 g/mol. The van der Waals surface area contributed by atoms with Gasteiger partial charge in [-0.2, -0.15) is 0 Å². The van der Waals surface area contributed by atoms with Crippen molar-refractivity contribution in [3.63, 3.8) is 0 Å². The van der Waals surface area contributed by atoms with Gasteiger partial charge in [0.15, 0.2) is 5.78 Å². The van der Waals surface area contributed by atoms with Crippen molar-refractivity contribution in [3.8, 4) is 0 Å². The van der Waals surface area contributed by atoms with Crippen LogP contribution in [0.25, 0.3) is 0 Å². The maximum atomic E-state index is 12.8. The quantitative estimate of drug-likeness (QED) is 0.785. The first kappa shape index (κ1) is 18.4. The molecular weight excluding hydrogens is 382 g/mol. The minimum atomic E-state index is -0.680. The Hall–Kier alpha value is -0.910. The minimum Gasteiger partial charge on any atom is -0.469 e. The summed E-state index contributed by atoms with van der Waals surface area (Å²) in [7, 11) is 1.39. The molecule has 0 radical (unpaired) electrons. The van der Waals surface area contributed by atoms with Gasteiger partial charge in [-0.15, -0.1) is 12.4 Å². The van der Waals surface area contributed by atoms with Gasteiger partial charge in [0.1, 0.15) is 0 Å². The standard InChI is InChI=1S/C17H20BrNO3.ClH/c1-22-17(21)14-8-11-6-10(11)7-13(14)16(20)15(19)9-2-4-12(18)5-3-9;/h2-5,10-11,13-15H,6-8,19H2,1H3;1H. The number of esters is 1. The zero-order valence-corrected chi connectivity index (χ0v) is 15.3. The molecule has 0 spiro atoms. The Kier molecular flexibility index (Phi) is 5.87. The molecular formula is C17H21BrClNO3. The Balaban J connectivity index is 0.00000192. The number of ketones is 1. The number of methoxy groups -OCH3 is 1. The topological polar surface area (TPSA) is 69.4 Å². The lowest BCUT2D eigenvalue weighted by Gasteiger charge is -2.30. The first-order valence-electron chi connectivity index (χ1n) is 7.64. The molecule has 2 fully saturated rings. The van der Waals surface area contributed by atoms with E-state index in [1.54, 1.807) is 0 Å². The molecule has 3 rings (SSSR count). The third kappa shape index (κ3) is 3.78. The van der Waals surface area contributed by atoms with Crippen LogP contribution in [-0.4, -0.2) is 18.9 Å². The fourth-order valence-electron chi connectivity index (χ4n) is 3.66. The van der Waals surface area contributed by atoms with Gasteiger partial charge in [-0.05, 0) is 48.8 Å². The van der Waals surface area contributed by atoms with E-state index in [-0.39, 0.29) is 36.0 Å². The molecule has 5 atom stereocenters. The number of fused-ring (bicyclic) bond motifs is 1. The molecule has 0 amide bonds. The molecule has 1 aromatic carbocycles. The molecule has 23 heavy (non-hydrogen) atoms. The van der Waals surface area contributed by atoms with Gasteiger partial charge in [0.2, 0.25) is 0 Å². The molecule has 4 nitrogen and oxygen atoms in total. The van der Waals surface area contributed by atoms with Crippen molar-refractivity contribution < 1.29 is 14.3 Å². The summed E-state index contributed by atoms with van der Waals surface area (Å²) >= 11 is 3.37. The minimum absolute atomic E-state index is 0. The Morgan fingerprint density at radius 3 is 2.26 bits per heavy atom. The fourth-order valence-corrected chi connectivity index (χ4v) is 3.92. The molecule has 0 saturated heterocycles. The monoisotopic (exact) mass is 401 g/mol. The maximum Gasteiger partial charge on any atom is 0.309 e. The maximum absolute atomic E-state index is 12.8. The summed E-state index contributed by atoms with van der Waals surface area (Å²) in [6.45, 7) is 0. The third-order valence-corrected chi connectivity index (χ3v) is 5.60. The molecule has 2 aliphatic rings. The zero-order valence-electron chi connectivity index (χ0n) is 12.9. The average Bonchev–Trinajstić information content (AvgIpc) is 3.30. The molecule has 6 heteroatoms. The first-order chi connectivity index (χ1) is 10.5. The molecule has 1 aromatic rings. The number of Topliss-reactive ketones (excluding diaryl/α,β-unsaturated/α-hetero) is 1. The van der Waals surface area contributed by atoms with E-state index >= 15 is 0 Å². The highest BCUT2D eigenvalue weighted by Crippen LogP contribution is 2.54. The number of nitrogens with two attached hydrogens (primary N) is 1. The van der Waals surface area contributed by atoms with Crippen molar-refractivity contribution >= 4 is 40.1 Å². The molecule has 0 aromatic heterocycles. The summed E-state index contributed by atoms with van der Waals surface area (Å²) in [6.07, 6.45) is 2.67. The van der Waals surface area contributed by atoms with E-state index in [0.29, 0.717) is 11.8 Å². The summed E-state index contributed by atoms with van der Waals surface area (Å²) in [5.41, 5.74) is 6.95. The van der Waals surface area contributed by atoms with Gasteiger partial charge in [-0.3, -0.25) is 9.59 Å². The lowest BCUT2D eigenvalue weighted by atomic mass is 9.74. The normalized spacial score (nSPS) is 29.7. The number of ether oxygens (including phenoxy) is 1. The van der Waals surface area contributed by atoms with Crippen LogP contribution < -0.4 is 5.73 Å². The summed E-state index contributed by atoms with van der Waals surface area (Å²) in [5, 5.41) is 0. The van der Waals surface area contributed by atoms with Gasteiger partial charge in [0.25, 0.3) is 0 Å². The second-order valence-electron chi connectivity index (χ2n) is 6.40. The summed E-state index contributed by atoms with van der Waals surface area (Å²) < 4.78 is 5.85. The van der Waals surface area contributed by atoms with Crippen molar-refractivity contribution in [3.05, 3.63) is 34.3 Å². The molecule has 2 N–H and O–H groups in total. The van der Waals surface area contributed by atoms with Crippen LogP contribution in [0, 0.1) is 23.7 Å². The number of carbonyl (C=O) groups excluding carboxylic acids is 2. The number of carbonyl (C=O) groups is 2. The summed E-state index contributed by atoms with van der Waals surface area (Å²) in [4.78, 5) is 24.9. The molecule has 0 heterocycles. The van der Waals surface area contributed by atoms with Crippen molar-refractivity contribution in [1.29, 1.82) is 0 Å². The Morgan fingerprint density at radius 1 is 1.13 bits per heavy atom. The second-order valence-corrected chi connectivity index (χ2v) is 7.31. The van der Waals surface area contributed by atoms with E-state index in [2.05, 4.69) is 15.9 Å². The van der Waals surface area contributed by atoms with E-state index in [1.165, 1.54) is 7.11 Å². The largest absolute Gasteiger partial charge is 0.469 e. The fraction of sp³-hybridized carbons (Fsp3) is 0.529. The first-order valence-corrected chi connectivity index (χ1v) is 8.43. The third-order valence-electron chi connectivity index (χ3n) is 5.07. The van der Waals surface area contributed by atoms with Crippen molar-refractivity contribution in [1.82, 2.24) is 0 Å². The van der Waals surface area contributed by atoms with Crippen LogP contribution in [-0.2, 0) is 14.3 Å². The Labute approximate surface area is 150 Å². The van der Waals surface area contributed by atoms with Gasteiger partial charge >= 0.3 is 5.97 Å². The second kappa shape index (κ2) is 7.32. The van der Waals surface area contributed by atoms with Crippen LogP contribution in [0.1, 0.15) is 30.9 Å². The van der Waals surface area contributed by atoms with Crippen molar-refractivity contribution in [2.24, 2.45) is 29.4 Å². The van der Waals surface area contributed by atoms with Gasteiger partial charge in [-0.1, -0.05) is 28.1 Å². The van der Waals surface area contributed by atoms with E-state index in [9.17, 15) is 9.59 Å². The molecule has 2 aliphatic carbocycles. The number of hydrogen-bond acceptors (Lipinski definition) is 4. The number of hydrogen-bond donors (Lipinski definition) is 1. The Morgan fingerprint density at radius 2 is 1.70 bits per heavy atom. The lowest BCUT2D eigenvalue weighted by Crippen LogP contribution is -2.39. The predicted molar refractivity (Wildman–Crippen MR) is 93.2 cm³/mol. The number of halogens is 2. The molecule has 0 aliphatic heterocycles. The van der Waals surface area contributed by atoms with E-state index < -0.39 is 6.04 Å².